The number of carbonyl (C=O) groups is 1. The van der Waals surface area contributed by atoms with Gasteiger partial charge in [0.05, 0.1) is 6.61 Å². The average Bonchev–Trinajstić information content (AvgIpc) is 2.57. The molecule has 0 aromatic heterocycles. The highest BCUT2D eigenvalue weighted by molar-refractivity contribution is 5.81. The minimum Gasteiger partial charge on any atom is -0.463 e. The largest absolute Gasteiger partial charge is 0.463 e. The predicted octanol–water partition coefficient (Wildman–Crippen LogP) is 7.43. The third kappa shape index (κ3) is 21.2. The van der Waals surface area contributed by atoms with E-state index >= 15 is 0 Å². The van der Waals surface area contributed by atoms with E-state index in [0.717, 1.165) is 6.42 Å². The van der Waals surface area contributed by atoms with Crippen LogP contribution in [0.3, 0.4) is 0 Å². The molecule has 0 aromatic rings. The molecule has 2 heteroatoms. The highest BCUT2D eigenvalue weighted by atomic mass is 16.5. The molecule has 0 N–H and O–H groups in total. The van der Waals surface area contributed by atoms with E-state index in [1.165, 1.54) is 102 Å². The van der Waals surface area contributed by atoms with Gasteiger partial charge in [-0.2, -0.15) is 0 Å². The zero-order chi connectivity index (χ0) is 17.0. The molecule has 0 saturated heterocycles. The maximum Gasteiger partial charge on any atom is 0.330 e. The standard InChI is InChI=1S/C21H40O2.CH3/c1-3-5-6-7-8-9-10-11-12-13-14-15-16-17-18-19-20-23-21(22)4-2;/h4H,2-3,5-20H2,1H3;1H3. The van der Waals surface area contributed by atoms with Crippen molar-refractivity contribution in [1.82, 2.24) is 0 Å². The minimum absolute atomic E-state index is 0. The Bertz CT molecular complexity index is 261. The Labute approximate surface area is 152 Å². The van der Waals surface area contributed by atoms with Crippen molar-refractivity contribution in [1.29, 1.82) is 0 Å². The Morgan fingerprint density at radius 1 is 0.708 bits per heavy atom. The fraction of sp³-hybridized carbons (Fsp3) is 0.818. The Morgan fingerprint density at radius 3 is 1.38 bits per heavy atom. The third-order valence-electron chi connectivity index (χ3n) is 4.41. The summed E-state index contributed by atoms with van der Waals surface area (Å²) < 4.78 is 4.95. The number of rotatable bonds is 18. The highest BCUT2D eigenvalue weighted by Crippen LogP contribution is 2.13. The van der Waals surface area contributed by atoms with Gasteiger partial charge in [-0.15, -0.1) is 0 Å². The molecule has 24 heavy (non-hydrogen) atoms. The monoisotopic (exact) mass is 339 g/mol. The fourth-order valence-electron chi connectivity index (χ4n) is 2.88. The Morgan fingerprint density at radius 2 is 1.04 bits per heavy atom. The van der Waals surface area contributed by atoms with Crippen LogP contribution in [0.5, 0.6) is 0 Å². The van der Waals surface area contributed by atoms with Crippen molar-refractivity contribution in [2.45, 2.75) is 110 Å². The molecule has 0 aliphatic heterocycles. The molecule has 2 nitrogen and oxygen atoms in total. The minimum atomic E-state index is -0.300. The zero-order valence-electron chi connectivity index (χ0n) is 16.6. The van der Waals surface area contributed by atoms with Gasteiger partial charge in [0.2, 0.25) is 0 Å². The summed E-state index contributed by atoms with van der Waals surface area (Å²) in [5, 5.41) is 0. The van der Waals surface area contributed by atoms with Crippen molar-refractivity contribution < 1.29 is 9.53 Å². The van der Waals surface area contributed by atoms with Crippen LogP contribution in [0.15, 0.2) is 12.7 Å². The molecule has 0 amide bonds. The number of esters is 1. The Hall–Kier alpha value is -0.790. The van der Waals surface area contributed by atoms with E-state index < -0.39 is 0 Å². The molecule has 0 unspecified atom stereocenters. The number of ether oxygens (including phenoxy) is 1. The summed E-state index contributed by atoms with van der Waals surface area (Å²) in [6, 6.07) is 0. The second kappa shape index (κ2) is 22.2. The van der Waals surface area contributed by atoms with Crippen LogP contribution in [0.4, 0.5) is 0 Å². The molecule has 0 saturated carbocycles. The van der Waals surface area contributed by atoms with Gasteiger partial charge in [0, 0.05) is 6.08 Å². The van der Waals surface area contributed by atoms with Crippen LogP contribution in [-0.2, 0) is 9.53 Å². The second-order valence-electron chi connectivity index (χ2n) is 6.67. The van der Waals surface area contributed by atoms with Gasteiger partial charge in [-0.1, -0.05) is 117 Å². The lowest BCUT2D eigenvalue weighted by atomic mass is 10.0. The van der Waals surface area contributed by atoms with Crippen molar-refractivity contribution in [3.8, 4) is 0 Å². The zero-order valence-corrected chi connectivity index (χ0v) is 16.6. The average molecular weight is 340 g/mol. The molecule has 0 aliphatic carbocycles. The quantitative estimate of drug-likeness (QED) is 0.147. The fourth-order valence-corrected chi connectivity index (χ4v) is 2.88. The van der Waals surface area contributed by atoms with Gasteiger partial charge in [0.25, 0.3) is 0 Å². The van der Waals surface area contributed by atoms with Crippen LogP contribution in [0.2, 0.25) is 0 Å². The summed E-state index contributed by atoms with van der Waals surface area (Å²) in [5.41, 5.74) is 0. The van der Waals surface area contributed by atoms with E-state index in [0.29, 0.717) is 6.61 Å². The maximum atomic E-state index is 10.8. The van der Waals surface area contributed by atoms with Gasteiger partial charge >= 0.3 is 5.97 Å². The molecule has 0 bridgehead atoms. The van der Waals surface area contributed by atoms with Gasteiger partial charge in [-0.05, 0) is 6.42 Å². The third-order valence-corrected chi connectivity index (χ3v) is 4.41. The Balaban J connectivity index is 0. The molecule has 0 atom stereocenters. The first kappa shape index (κ1) is 25.5. The smallest absolute Gasteiger partial charge is 0.330 e. The van der Waals surface area contributed by atoms with Crippen LogP contribution in [0, 0.1) is 7.43 Å². The lowest BCUT2D eigenvalue weighted by Gasteiger charge is -2.04. The Kier molecular flexibility index (Phi) is 23.6. The number of hydrogen-bond donors (Lipinski definition) is 0. The van der Waals surface area contributed by atoms with E-state index in [1.54, 1.807) is 0 Å². The summed E-state index contributed by atoms with van der Waals surface area (Å²) >= 11 is 0. The van der Waals surface area contributed by atoms with Gasteiger partial charge in [0.1, 0.15) is 0 Å². The first-order chi connectivity index (χ1) is 11.3. The number of hydrogen-bond acceptors (Lipinski definition) is 2. The number of unbranched alkanes of at least 4 members (excludes halogenated alkanes) is 15. The van der Waals surface area contributed by atoms with Crippen molar-refractivity contribution in [3.63, 3.8) is 0 Å². The second-order valence-corrected chi connectivity index (χ2v) is 6.67. The molecule has 0 aromatic carbocycles. The molecule has 0 spiro atoms. The molecule has 0 heterocycles. The first-order valence-electron chi connectivity index (χ1n) is 10.1. The summed E-state index contributed by atoms with van der Waals surface area (Å²) in [6.45, 7) is 6.20. The first-order valence-corrected chi connectivity index (χ1v) is 10.1. The molecular weight excluding hydrogens is 296 g/mol. The molecular formula is C22H43O2. The van der Waals surface area contributed by atoms with Crippen LogP contribution >= 0.6 is 0 Å². The topological polar surface area (TPSA) is 26.3 Å². The molecule has 0 rings (SSSR count). The van der Waals surface area contributed by atoms with E-state index in [4.69, 9.17) is 4.74 Å². The van der Waals surface area contributed by atoms with Crippen LogP contribution in [0.1, 0.15) is 110 Å². The van der Waals surface area contributed by atoms with Crippen molar-refractivity contribution in [3.05, 3.63) is 20.1 Å². The number of carbonyl (C=O) groups excluding carboxylic acids is 1. The predicted molar refractivity (Wildman–Crippen MR) is 107 cm³/mol. The maximum absolute atomic E-state index is 10.8. The van der Waals surface area contributed by atoms with Crippen LogP contribution < -0.4 is 0 Å². The molecule has 143 valence electrons. The van der Waals surface area contributed by atoms with E-state index in [-0.39, 0.29) is 13.4 Å². The summed E-state index contributed by atoms with van der Waals surface area (Å²) in [6.07, 6.45) is 23.0. The SMILES string of the molecule is C=CC(=O)OCCCCCCCCCCCCCCCCCC.[CH3]. The molecule has 1 radical (unpaired) electrons. The van der Waals surface area contributed by atoms with Crippen molar-refractivity contribution in [2.75, 3.05) is 6.61 Å². The summed E-state index contributed by atoms with van der Waals surface area (Å²) in [4.78, 5) is 10.8. The summed E-state index contributed by atoms with van der Waals surface area (Å²) in [5.74, 6) is -0.300. The van der Waals surface area contributed by atoms with Gasteiger partial charge in [0.15, 0.2) is 0 Å². The lowest BCUT2D eigenvalue weighted by Crippen LogP contribution is -2.01. The van der Waals surface area contributed by atoms with Crippen LogP contribution in [0.25, 0.3) is 0 Å². The van der Waals surface area contributed by atoms with Crippen molar-refractivity contribution in [2.24, 2.45) is 0 Å². The molecule has 0 fully saturated rings. The lowest BCUT2D eigenvalue weighted by molar-refractivity contribution is -0.137. The van der Waals surface area contributed by atoms with Crippen LogP contribution in [-0.4, -0.2) is 12.6 Å². The van der Waals surface area contributed by atoms with E-state index in [2.05, 4.69) is 13.5 Å². The van der Waals surface area contributed by atoms with E-state index in [9.17, 15) is 4.79 Å². The summed E-state index contributed by atoms with van der Waals surface area (Å²) in [7, 11) is 0. The normalized spacial score (nSPS) is 10.2. The van der Waals surface area contributed by atoms with Crippen molar-refractivity contribution >= 4 is 5.97 Å². The van der Waals surface area contributed by atoms with Gasteiger partial charge in [-0.3, -0.25) is 0 Å². The molecule has 0 aliphatic rings. The highest BCUT2D eigenvalue weighted by Gasteiger charge is 1.96. The van der Waals surface area contributed by atoms with Gasteiger partial charge in [-0.25, -0.2) is 4.79 Å². The van der Waals surface area contributed by atoms with E-state index in [1.807, 2.05) is 0 Å². The van der Waals surface area contributed by atoms with Gasteiger partial charge < -0.3 is 4.74 Å².